The number of hydrogen-bond donors (Lipinski definition) is 2. The molecule has 6 heteroatoms. The first-order valence-electron chi connectivity index (χ1n) is 9.53. The zero-order valence-electron chi connectivity index (χ0n) is 16.2. The molecule has 1 aromatic heterocycles. The number of rotatable bonds is 6. The summed E-state index contributed by atoms with van der Waals surface area (Å²) in [7, 11) is 0. The summed E-state index contributed by atoms with van der Waals surface area (Å²) in [6.45, 7) is 6.53. The van der Waals surface area contributed by atoms with E-state index in [1.165, 1.54) is 5.56 Å². The van der Waals surface area contributed by atoms with Crippen molar-refractivity contribution in [2.75, 3.05) is 5.32 Å². The van der Waals surface area contributed by atoms with Gasteiger partial charge in [0.1, 0.15) is 0 Å². The van der Waals surface area contributed by atoms with E-state index in [2.05, 4.69) is 46.6 Å². The Labute approximate surface area is 160 Å². The summed E-state index contributed by atoms with van der Waals surface area (Å²) >= 11 is 0. The standard InChI is InChI=1S/C21H28N4O2/c1-14(2)19-9-18(25-15(3)26)10-20(27-19)17-12-23-21(24-13-17)22-11-16-7-5-4-6-8-16/h4-8,12-14,18-20H,9-11H2,1-3H3,(H,25,26)(H,22,23,24)/t18-,19-,20+/m0/s1. The lowest BCUT2D eigenvalue weighted by Crippen LogP contribution is -2.43. The van der Waals surface area contributed by atoms with E-state index in [0.29, 0.717) is 18.4 Å². The van der Waals surface area contributed by atoms with E-state index in [0.717, 1.165) is 18.4 Å². The smallest absolute Gasteiger partial charge is 0.222 e. The molecular weight excluding hydrogens is 340 g/mol. The first-order valence-corrected chi connectivity index (χ1v) is 9.53. The summed E-state index contributed by atoms with van der Waals surface area (Å²) in [4.78, 5) is 20.4. The SMILES string of the molecule is CC(=O)N[C@H]1C[C@@H](C(C)C)O[C@@H](c2cnc(NCc3ccccc3)nc2)C1. The highest BCUT2D eigenvalue weighted by atomic mass is 16.5. The van der Waals surface area contributed by atoms with Gasteiger partial charge in [-0.25, -0.2) is 9.97 Å². The summed E-state index contributed by atoms with van der Waals surface area (Å²) in [6.07, 6.45) is 5.22. The first-order chi connectivity index (χ1) is 13.0. The van der Waals surface area contributed by atoms with E-state index in [1.807, 2.05) is 30.6 Å². The van der Waals surface area contributed by atoms with Crippen molar-refractivity contribution in [2.45, 2.75) is 58.4 Å². The van der Waals surface area contributed by atoms with E-state index >= 15 is 0 Å². The fraction of sp³-hybridized carbons (Fsp3) is 0.476. The number of hydrogen-bond acceptors (Lipinski definition) is 5. The molecule has 2 aromatic rings. The van der Waals surface area contributed by atoms with Crippen molar-refractivity contribution in [2.24, 2.45) is 5.92 Å². The van der Waals surface area contributed by atoms with Crippen molar-refractivity contribution in [3.63, 3.8) is 0 Å². The fourth-order valence-corrected chi connectivity index (χ4v) is 3.38. The van der Waals surface area contributed by atoms with Gasteiger partial charge in [0.05, 0.1) is 12.2 Å². The quantitative estimate of drug-likeness (QED) is 0.816. The number of amides is 1. The van der Waals surface area contributed by atoms with Crippen LogP contribution in [0.3, 0.4) is 0 Å². The zero-order chi connectivity index (χ0) is 19.2. The molecule has 3 atom stereocenters. The zero-order valence-corrected chi connectivity index (χ0v) is 16.2. The molecule has 144 valence electrons. The maximum atomic E-state index is 11.5. The molecule has 1 aliphatic rings. The second-order valence-corrected chi connectivity index (χ2v) is 7.46. The fourth-order valence-electron chi connectivity index (χ4n) is 3.38. The van der Waals surface area contributed by atoms with Gasteiger partial charge in [-0.15, -0.1) is 0 Å². The molecule has 0 bridgehead atoms. The third kappa shape index (κ3) is 5.50. The van der Waals surface area contributed by atoms with E-state index in [1.54, 1.807) is 6.92 Å². The summed E-state index contributed by atoms with van der Waals surface area (Å²) < 4.78 is 6.26. The van der Waals surface area contributed by atoms with Crippen molar-refractivity contribution in [3.05, 3.63) is 53.9 Å². The second kappa shape index (κ2) is 8.95. The van der Waals surface area contributed by atoms with Gasteiger partial charge >= 0.3 is 0 Å². The van der Waals surface area contributed by atoms with Crippen molar-refractivity contribution in [1.29, 1.82) is 0 Å². The number of ether oxygens (including phenoxy) is 1. The molecule has 1 amide bonds. The Hall–Kier alpha value is -2.47. The Kier molecular flexibility index (Phi) is 6.40. The van der Waals surface area contributed by atoms with Crippen LogP contribution in [0.2, 0.25) is 0 Å². The van der Waals surface area contributed by atoms with Crippen LogP contribution in [-0.2, 0) is 16.1 Å². The molecule has 3 rings (SSSR count). The molecule has 0 aliphatic carbocycles. The maximum absolute atomic E-state index is 11.5. The molecule has 0 spiro atoms. The van der Waals surface area contributed by atoms with Crippen molar-refractivity contribution < 1.29 is 9.53 Å². The highest BCUT2D eigenvalue weighted by molar-refractivity contribution is 5.73. The maximum Gasteiger partial charge on any atom is 0.222 e. The second-order valence-electron chi connectivity index (χ2n) is 7.46. The van der Waals surface area contributed by atoms with Crippen LogP contribution in [0.15, 0.2) is 42.7 Å². The summed E-state index contributed by atoms with van der Waals surface area (Å²) in [6, 6.07) is 10.3. The van der Waals surface area contributed by atoms with Gasteiger partial charge in [-0.1, -0.05) is 44.2 Å². The van der Waals surface area contributed by atoms with Gasteiger partial charge in [-0.3, -0.25) is 4.79 Å². The topological polar surface area (TPSA) is 76.1 Å². The molecule has 1 aromatic carbocycles. The number of nitrogens with one attached hydrogen (secondary N) is 2. The Morgan fingerprint density at radius 3 is 2.52 bits per heavy atom. The Morgan fingerprint density at radius 1 is 1.19 bits per heavy atom. The molecule has 2 heterocycles. The molecule has 2 N–H and O–H groups in total. The van der Waals surface area contributed by atoms with Crippen molar-refractivity contribution >= 4 is 11.9 Å². The molecule has 0 unspecified atom stereocenters. The number of carbonyl (C=O) groups is 1. The lowest BCUT2D eigenvalue weighted by molar-refractivity contribution is -0.123. The highest BCUT2D eigenvalue weighted by Gasteiger charge is 2.32. The van der Waals surface area contributed by atoms with Crippen LogP contribution in [0.1, 0.15) is 50.8 Å². The highest BCUT2D eigenvalue weighted by Crippen LogP contribution is 2.33. The Bertz CT molecular complexity index is 734. The van der Waals surface area contributed by atoms with Gasteiger partial charge in [0.15, 0.2) is 0 Å². The van der Waals surface area contributed by atoms with Crippen LogP contribution in [0.4, 0.5) is 5.95 Å². The number of anilines is 1. The lowest BCUT2D eigenvalue weighted by atomic mass is 9.90. The number of carbonyl (C=O) groups excluding carboxylic acids is 1. The van der Waals surface area contributed by atoms with Crippen LogP contribution in [0, 0.1) is 5.92 Å². The average Bonchev–Trinajstić information content (AvgIpc) is 2.67. The van der Waals surface area contributed by atoms with Crippen LogP contribution in [0.25, 0.3) is 0 Å². The normalized spacial score (nSPS) is 22.4. The minimum atomic E-state index is -0.105. The predicted octanol–water partition coefficient (Wildman–Crippen LogP) is 3.47. The summed E-state index contributed by atoms with van der Waals surface area (Å²) in [5.74, 6) is 0.980. The molecular formula is C21H28N4O2. The van der Waals surface area contributed by atoms with E-state index < -0.39 is 0 Å². The lowest BCUT2D eigenvalue weighted by Gasteiger charge is -2.37. The van der Waals surface area contributed by atoms with Crippen LogP contribution >= 0.6 is 0 Å². The van der Waals surface area contributed by atoms with E-state index in [4.69, 9.17) is 4.74 Å². The van der Waals surface area contributed by atoms with E-state index in [-0.39, 0.29) is 24.2 Å². The molecule has 1 fully saturated rings. The van der Waals surface area contributed by atoms with Crippen LogP contribution in [0.5, 0.6) is 0 Å². The molecule has 0 saturated carbocycles. The molecule has 27 heavy (non-hydrogen) atoms. The van der Waals surface area contributed by atoms with Gasteiger partial charge in [-0.2, -0.15) is 0 Å². The Balaban J connectivity index is 1.64. The largest absolute Gasteiger partial charge is 0.370 e. The van der Waals surface area contributed by atoms with Gasteiger partial charge in [-0.05, 0) is 24.3 Å². The minimum Gasteiger partial charge on any atom is -0.370 e. The first kappa shape index (κ1) is 19.3. The molecule has 0 radical (unpaired) electrons. The average molecular weight is 368 g/mol. The number of aromatic nitrogens is 2. The summed E-state index contributed by atoms with van der Waals surface area (Å²) in [5.41, 5.74) is 2.12. The van der Waals surface area contributed by atoms with Gasteiger partial charge in [0.2, 0.25) is 11.9 Å². The van der Waals surface area contributed by atoms with Crippen LogP contribution < -0.4 is 10.6 Å². The van der Waals surface area contributed by atoms with Crippen molar-refractivity contribution in [3.8, 4) is 0 Å². The molecule has 1 saturated heterocycles. The minimum absolute atomic E-state index is 0.000124. The third-order valence-corrected chi connectivity index (χ3v) is 4.84. The van der Waals surface area contributed by atoms with Crippen LogP contribution in [-0.4, -0.2) is 28.0 Å². The van der Waals surface area contributed by atoms with Gasteiger partial charge in [0, 0.05) is 37.5 Å². The molecule has 1 aliphatic heterocycles. The van der Waals surface area contributed by atoms with Gasteiger partial charge < -0.3 is 15.4 Å². The third-order valence-electron chi connectivity index (χ3n) is 4.84. The Morgan fingerprint density at radius 2 is 1.89 bits per heavy atom. The van der Waals surface area contributed by atoms with Crippen molar-refractivity contribution in [1.82, 2.24) is 15.3 Å². The number of nitrogens with zero attached hydrogens (tertiary/aromatic N) is 2. The van der Waals surface area contributed by atoms with Gasteiger partial charge in [0.25, 0.3) is 0 Å². The van der Waals surface area contributed by atoms with E-state index in [9.17, 15) is 4.79 Å². The monoisotopic (exact) mass is 368 g/mol. The molecule has 6 nitrogen and oxygen atoms in total. The predicted molar refractivity (Wildman–Crippen MR) is 105 cm³/mol. The number of benzene rings is 1. The summed E-state index contributed by atoms with van der Waals surface area (Å²) in [5, 5.41) is 6.28.